The van der Waals surface area contributed by atoms with E-state index in [4.69, 9.17) is 0 Å². The number of sulfonamides is 1. The number of nitrogens with zero attached hydrogens (tertiary/aromatic N) is 5. The third-order valence-corrected chi connectivity index (χ3v) is 9.42. The molecule has 9 nitrogen and oxygen atoms in total. The zero-order valence-corrected chi connectivity index (χ0v) is 21.7. The molecule has 0 bridgehead atoms. The Labute approximate surface area is 214 Å². The molecule has 1 fully saturated rings. The molecule has 200 valence electrons. The van der Waals surface area contributed by atoms with Gasteiger partial charge in [0.15, 0.2) is 0 Å². The van der Waals surface area contributed by atoms with Crippen molar-refractivity contribution in [1.82, 2.24) is 19.3 Å². The SMILES string of the molecule is CCC(Nc1ncc(C#N)c(C2CNc3ncc(C(F)(F)F)cc32)n1)C1CCN(S(=O)(=O)C(C)C)CC1. The van der Waals surface area contributed by atoms with Crippen LogP contribution in [0.2, 0.25) is 0 Å². The summed E-state index contributed by atoms with van der Waals surface area (Å²) in [5, 5.41) is 15.5. The van der Waals surface area contributed by atoms with Crippen molar-refractivity contribution in [1.29, 1.82) is 5.26 Å². The van der Waals surface area contributed by atoms with E-state index in [1.165, 1.54) is 6.20 Å². The van der Waals surface area contributed by atoms with Crippen molar-refractivity contribution in [3.8, 4) is 6.07 Å². The van der Waals surface area contributed by atoms with E-state index >= 15 is 0 Å². The summed E-state index contributed by atoms with van der Waals surface area (Å²) in [5.74, 6) is 0.224. The summed E-state index contributed by atoms with van der Waals surface area (Å²) in [7, 11) is -3.30. The molecule has 13 heteroatoms. The van der Waals surface area contributed by atoms with E-state index in [-0.39, 0.29) is 30.0 Å². The molecule has 2 aliphatic rings. The highest BCUT2D eigenvalue weighted by atomic mass is 32.2. The highest BCUT2D eigenvalue weighted by Crippen LogP contribution is 2.39. The molecule has 0 radical (unpaired) electrons. The Bertz CT molecular complexity index is 1290. The Balaban J connectivity index is 1.55. The van der Waals surface area contributed by atoms with Gasteiger partial charge in [0.05, 0.1) is 28.3 Å². The molecule has 2 aromatic heterocycles. The van der Waals surface area contributed by atoms with Crippen LogP contribution in [-0.2, 0) is 16.2 Å². The largest absolute Gasteiger partial charge is 0.417 e. The van der Waals surface area contributed by atoms with Gasteiger partial charge < -0.3 is 10.6 Å². The summed E-state index contributed by atoms with van der Waals surface area (Å²) in [6, 6.07) is 3.07. The van der Waals surface area contributed by atoms with Crippen LogP contribution in [0.3, 0.4) is 0 Å². The van der Waals surface area contributed by atoms with E-state index in [0.29, 0.717) is 43.0 Å². The number of nitriles is 1. The van der Waals surface area contributed by atoms with Gasteiger partial charge in [0.25, 0.3) is 0 Å². The van der Waals surface area contributed by atoms with Gasteiger partial charge in [-0.2, -0.15) is 18.4 Å². The first kappa shape index (κ1) is 27.1. The van der Waals surface area contributed by atoms with Crippen LogP contribution in [0.4, 0.5) is 24.9 Å². The van der Waals surface area contributed by atoms with Crippen molar-refractivity contribution in [2.24, 2.45) is 5.92 Å². The minimum absolute atomic E-state index is 0.0304. The smallest absolute Gasteiger partial charge is 0.369 e. The average Bonchev–Trinajstić information content (AvgIpc) is 3.30. The Morgan fingerprint density at radius 1 is 1.24 bits per heavy atom. The third kappa shape index (κ3) is 5.50. The molecule has 2 aliphatic heterocycles. The van der Waals surface area contributed by atoms with Crippen molar-refractivity contribution in [2.75, 3.05) is 30.3 Å². The lowest BCUT2D eigenvalue weighted by molar-refractivity contribution is -0.137. The predicted molar refractivity (Wildman–Crippen MR) is 132 cm³/mol. The maximum atomic E-state index is 13.3. The molecule has 4 heterocycles. The Hall–Kier alpha value is -2.98. The van der Waals surface area contributed by atoms with Gasteiger partial charge >= 0.3 is 6.18 Å². The van der Waals surface area contributed by atoms with Gasteiger partial charge in [0.1, 0.15) is 11.9 Å². The van der Waals surface area contributed by atoms with Crippen LogP contribution >= 0.6 is 0 Å². The van der Waals surface area contributed by atoms with Crippen molar-refractivity contribution in [3.63, 3.8) is 0 Å². The molecule has 2 atom stereocenters. The molecule has 0 amide bonds. The average molecular weight is 538 g/mol. The van der Waals surface area contributed by atoms with Gasteiger partial charge in [-0.05, 0) is 45.1 Å². The van der Waals surface area contributed by atoms with Crippen molar-refractivity contribution < 1.29 is 21.6 Å². The molecule has 2 unspecified atom stereocenters. The fourth-order valence-electron chi connectivity index (χ4n) is 4.97. The minimum atomic E-state index is -4.54. The van der Waals surface area contributed by atoms with Gasteiger partial charge in [0, 0.05) is 43.4 Å². The number of anilines is 2. The normalized spacial score (nSPS) is 19.8. The number of piperidine rings is 1. The van der Waals surface area contributed by atoms with Crippen molar-refractivity contribution in [3.05, 3.63) is 40.8 Å². The second-order valence-corrected chi connectivity index (χ2v) is 12.2. The molecule has 1 saturated heterocycles. The Kier molecular flexibility index (Phi) is 7.62. The fourth-order valence-corrected chi connectivity index (χ4v) is 6.29. The minimum Gasteiger partial charge on any atom is -0.369 e. The van der Waals surface area contributed by atoms with Crippen LogP contribution in [0.5, 0.6) is 0 Å². The molecule has 0 aliphatic carbocycles. The molecule has 37 heavy (non-hydrogen) atoms. The topological polar surface area (TPSA) is 124 Å². The maximum Gasteiger partial charge on any atom is 0.417 e. The third-order valence-electron chi connectivity index (χ3n) is 7.14. The highest BCUT2D eigenvalue weighted by molar-refractivity contribution is 7.89. The number of fused-ring (bicyclic) bond motifs is 1. The number of hydrogen-bond donors (Lipinski definition) is 2. The van der Waals surface area contributed by atoms with Crippen LogP contribution in [0.25, 0.3) is 0 Å². The highest BCUT2D eigenvalue weighted by Gasteiger charge is 2.36. The van der Waals surface area contributed by atoms with Gasteiger partial charge in [-0.25, -0.2) is 27.7 Å². The predicted octanol–water partition coefficient (Wildman–Crippen LogP) is 3.96. The number of hydrogen-bond acceptors (Lipinski definition) is 8. The van der Waals surface area contributed by atoms with E-state index < -0.39 is 32.9 Å². The summed E-state index contributed by atoms with van der Waals surface area (Å²) in [6.07, 6.45) is -0.250. The molecular weight excluding hydrogens is 507 g/mol. The van der Waals surface area contributed by atoms with Crippen LogP contribution < -0.4 is 10.6 Å². The number of rotatable bonds is 7. The first-order chi connectivity index (χ1) is 17.5. The maximum absolute atomic E-state index is 13.3. The standard InChI is InChI=1S/C24H30F3N7O2S/c1-4-20(15-5-7-34(8-6-15)37(35,36)14(2)3)32-23-31-11-16(10-28)21(33-23)19-13-30-22-18(19)9-17(12-29-22)24(25,26)27/h9,11-12,14-15,19-20H,4-8,13H2,1-3H3,(H,29,30)(H,31,32,33). The summed E-state index contributed by atoms with van der Waals surface area (Å²) < 4.78 is 66.4. The zero-order valence-electron chi connectivity index (χ0n) is 20.9. The molecule has 2 N–H and O–H groups in total. The molecule has 0 aromatic carbocycles. The molecule has 0 spiro atoms. The van der Waals surface area contributed by atoms with Gasteiger partial charge in [0.2, 0.25) is 16.0 Å². The molecule has 4 rings (SSSR count). The summed E-state index contributed by atoms with van der Waals surface area (Å²) in [5.41, 5.74) is -0.00702. The number of alkyl halides is 3. The number of pyridine rings is 1. The van der Waals surface area contributed by atoms with E-state index in [9.17, 15) is 26.9 Å². The molecule has 2 aromatic rings. The second kappa shape index (κ2) is 10.4. The number of aromatic nitrogens is 3. The summed E-state index contributed by atoms with van der Waals surface area (Å²) in [6.45, 7) is 6.52. The van der Waals surface area contributed by atoms with Crippen LogP contribution in [-0.4, -0.2) is 58.6 Å². The second-order valence-electron chi connectivity index (χ2n) is 9.69. The summed E-state index contributed by atoms with van der Waals surface area (Å²) in [4.78, 5) is 12.8. The molecule has 0 saturated carbocycles. The van der Waals surface area contributed by atoms with Crippen molar-refractivity contribution in [2.45, 2.75) is 63.4 Å². The Morgan fingerprint density at radius 2 is 1.95 bits per heavy atom. The first-order valence-corrected chi connectivity index (χ1v) is 13.8. The van der Waals surface area contributed by atoms with Gasteiger partial charge in [-0.1, -0.05) is 6.92 Å². The Morgan fingerprint density at radius 3 is 2.54 bits per heavy atom. The van der Waals surface area contributed by atoms with E-state index in [1.54, 1.807) is 18.2 Å². The number of halogens is 3. The first-order valence-electron chi connectivity index (χ1n) is 12.3. The van der Waals surface area contributed by atoms with E-state index in [2.05, 4.69) is 25.6 Å². The zero-order chi connectivity index (χ0) is 27.0. The van der Waals surface area contributed by atoms with Crippen molar-refractivity contribution >= 4 is 21.8 Å². The summed E-state index contributed by atoms with van der Waals surface area (Å²) >= 11 is 0. The number of nitrogens with one attached hydrogen (secondary N) is 2. The van der Waals surface area contributed by atoms with Crippen LogP contribution in [0.1, 0.15) is 68.3 Å². The lowest BCUT2D eigenvalue weighted by Gasteiger charge is -2.36. The fraction of sp³-hybridized carbons (Fsp3) is 0.583. The van der Waals surface area contributed by atoms with E-state index in [0.717, 1.165) is 18.7 Å². The van der Waals surface area contributed by atoms with Crippen LogP contribution in [0, 0.1) is 17.2 Å². The van der Waals surface area contributed by atoms with E-state index in [1.807, 2.05) is 13.0 Å². The quantitative estimate of drug-likeness (QED) is 0.544. The lowest BCUT2D eigenvalue weighted by Crippen LogP contribution is -2.45. The lowest BCUT2D eigenvalue weighted by atomic mass is 9.89. The monoisotopic (exact) mass is 537 g/mol. The molecular formula is C24H30F3N7O2S. The van der Waals surface area contributed by atoms with Crippen LogP contribution in [0.15, 0.2) is 18.5 Å². The van der Waals surface area contributed by atoms with Gasteiger partial charge in [-0.15, -0.1) is 0 Å². The van der Waals surface area contributed by atoms with Gasteiger partial charge in [-0.3, -0.25) is 0 Å².